The number of pyridine rings is 1. The van der Waals surface area contributed by atoms with Gasteiger partial charge in [0.1, 0.15) is 5.82 Å². The first-order valence-corrected chi connectivity index (χ1v) is 10.7. The van der Waals surface area contributed by atoms with Crippen molar-refractivity contribution in [3.8, 4) is 22.8 Å². The van der Waals surface area contributed by atoms with Crippen LogP contribution in [0.4, 0.5) is 4.39 Å². The molecule has 0 spiro atoms. The predicted octanol–water partition coefficient (Wildman–Crippen LogP) is 5.57. The highest BCUT2D eigenvalue weighted by Gasteiger charge is 2.19. The van der Waals surface area contributed by atoms with E-state index in [9.17, 15) is 14.0 Å². The number of Topliss-reactive ketones (excluding diaryl/α,β-unsaturated/α-hetero) is 1. The highest BCUT2D eigenvalue weighted by atomic mass is 79.9. The minimum absolute atomic E-state index is 0.150. The molecular weight excluding hydrogens is 493 g/mol. The van der Waals surface area contributed by atoms with Crippen molar-refractivity contribution >= 4 is 38.6 Å². The summed E-state index contributed by atoms with van der Waals surface area (Å²) in [6.45, 7) is -0.320. The summed E-state index contributed by atoms with van der Waals surface area (Å²) in [7, 11) is 0. The highest BCUT2D eigenvalue weighted by molar-refractivity contribution is 9.10. The third-order valence-corrected chi connectivity index (χ3v) is 5.65. The van der Waals surface area contributed by atoms with Crippen molar-refractivity contribution in [3.05, 3.63) is 88.1 Å². The average Bonchev–Trinajstić information content (AvgIpc) is 3.30. The number of rotatable bonds is 5. The summed E-state index contributed by atoms with van der Waals surface area (Å²) in [6.07, 6.45) is 0. The number of fused-ring (bicyclic) bond motifs is 2. The lowest BCUT2D eigenvalue weighted by atomic mass is 10.0. The van der Waals surface area contributed by atoms with E-state index >= 15 is 0 Å². The number of nitrogens with zero attached hydrogens (tertiary/aromatic N) is 1. The molecule has 6 nitrogen and oxygen atoms in total. The van der Waals surface area contributed by atoms with Gasteiger partial charge in [-0.2, -0.15) is 0 Å². The second kappa shape index (κ2) is 8.63. The first-order valence-electron chi connectivity index (χ1n) is 9.94. The minimum Gasteiger partial charge on any atom is -0.454 e. The topological polar surface area (TPSA) is 74.7 Å². The summed E-state index contributed by atoms with van der Waals surface area (Å²) in [5.74, 6) is -0.313. The zero-order valence-corrected chi connectivity index (χ0v) is 18.6. The maximum Gasteiger partial charge on any atom is 0.339 e. The second-order valence-corrected chi connectivity index (χ2v) is 8.21. The molecule has 1 aliphatic rings. The first kappa shape index (κ1) is 21.1. The molecule has 0 unspecified atom stereocenters. The predicted molar refractivity (Wildman–Crippen MR) is 122 cm³/mol. The fraction of sp³-hybridized carbons (Fsp3) is 0.0800. The molecule has 0 amide bonds. The van der Waals surface area contributed by atoms with E-state index in [1.54, 1.807) is 30.3 Å². The van der Waals surface area contributed by atoms with Crippen LogP contribution >= 0.6 is 15.9 Å². The Kier molecular flexibility index (Phi) is 5.51. The average molecular weight is 508 g/mol. The van der Waals surface area contributed by atoms with E-state index in [0.717, 1.165) is 10.0 Å². The van der Waals surface area contributed by atoms with Crippen molar-refractivity contribution < 1.29 is 28.2 Å². The number of carbonyl (C=O) groups excluding carboxylic acids is 2. The second-order valence-electron chi connectivity index (χ2n) is 7.29. The zero-order chi connectivity index (χ0) is 22.9. The fourth-order valence-electron chi connectivity index (χ4n) is 3.50. The molecule has 0 atom stereocenters. The molecule has 0 saturated carbocycles. The Labute approximate surface area is 196 Å². The Morgan fingerprint density at radius 1 is 0.970 bits per heavy atom. The molecule has 4 aromatic rings. The van der Waals surface area contributed by atoms with Crippen molar-refractivity contribution in [3.63, 3.8) is 0 Å². The Hall–Kier alpha value is -3.78. The molecule has 0 radical (unpaired) electrons. The molecule has 0 fully saturated rings. The summed E-state index contributed by atoms with van der Waals surface area (Å²) in [5.41, 5.74) is 2.39. The van der Waals surface area contributed by atoms with Crippen LogP contribution in [-0.2, 0) is 4.74 Å². The van der Waals surface area contributed by atoms with Gasteiger partial charge in [-0.1, -0.05) is 15.9 Å². The van der Waals surface area contributed by atoms with Crippen LogP contribution in [0.3, 0.4) is 0 Å². The normalized spacial score (nSPS) is 12.1. The molecule has 0 aliphatic carbocycles. The van der Waals surface area contributed by atoms with Gasteiger partial charge in [-0.15, -0.1) is 0 Å². The van der Waals surface area contributed by atoms with Gasteiger partial charge in [-0.05, 0) is 66.7 Å². The number of halogens is 2. The standard InChI is InChI=1S/C25H15BrFNO5/c26-16-4-7-20-18(10-16)19(25(30)31-12-22(29)14-1-5-17(27)6-2-14)11-21(28-20)15-3-8-23-24(9-15)33-13-32-23/h1-11H,12-13H2. The van der Waals surface area contributed by atoms with Crippen LogP contribution in [-0.4, -0.2) is 30.1 Å². The summed E-state index contributed by atoms with van der Waals surface area (Å²) < 4.78 is 30.0. The quantitative estimate of drug-likeness (QED) is 0.259. The van der Waals surface area contributed by atoms with Crippen molar-refractivity contribution in [2.75, 3.05) is 13.4 Å². The van der Waals surface area contributed by atoms with Crippen LogP contribution in [0, 0.1) is 5.82 Å². The number of ether oxygens (including phenoxy) is 3. The van der Waals surface area contributed by atoms with Crippen molar-refractivity contribution in [1.82, 2.24) is 4.98 Å². The summed E-state index contributed by atoms with van der Waals surface area (Å²) in [4.78, 5) is 30.0. The van der Waals surface area contributed by atoms with E-state index in [1.807, 2.05) is 12.1 Å². The van der Waals surface area contributed by atoms with Crippen LogP contribution in [0.2, 0.25) is 0 Å². The third-order valence-electron chi connectivity index (χ3n) is 5.16. The van der Waals surface area contributed by atoms with E-state index in [0.29, 0.717) is 28.1 Å². The summed E-state index contributed by atoms with van der Waals surface area (Å²) in [5, 5.41) is 0.577. The molecule has 5 rings (SSSR count). The number of ketones is 1. The molecule has 3 aromatic carbocycles. The van der Waals surface area contributed by atoms with Gasteiger partial charge in [-0.25, -0.2) is 14.2 Å². The Morgan fingerprint density at radius 3 is 2.58 bits per heavy atom. The van der Waals surface area contributed by atoms with Crippen molar-refractivity contribution in [2.24, 2.45) is 0 Å². The van der Waals surface area contributed by atoms with E-state index in [2.05, 4.69) is 20.9 Å². The number of hydrogen-bond acceptors (Lipinski definition) is 6. The van der Waals surface area contributed by atoms with Gasteiger partial charge < -0.3 is 14.2 Å². The number of esters is 1. The van der Waals surface area contributed by atoms with E-state index in [-0.39, 0.29) is 17.9 Å². The Balaban J connectivity index is 1.48. The molecule has 33 heavy (non-hydrogen) atoms. The minimum atomic E-state index is -0.669. The van der Waals surface area contributed by atoms with Gasteiger partial charge in [0.15, 0.2) is 23.9 Å². The van der Waals surface area contributed by atoms with E-state index in [1.165, 1.54) is 24.3 Å². The van der Waals surface area contributed by atoms with Gasteiger partial charge in [-0.3, -0.25) is 4.79 Å². The third kappa shape index (κ3) is 4.29. The Morgan fingerprint density at radius 2 is 1.76 bits per heavy atom. The van der Waals surface area contributed by atoms with Crippen molar-refractivity contribution in [2.45, 2.75) is 0 Å². The van der Waals surface area contributed by atoms with E-state index in [4.69, 9.17) is 14.2 Å². The lowest BCUT2D eigenvalue weighted by Gasteiger charge is -2.11. The number of benzene rings is 3. The molecule has 1 aliphatic heterocycles. The number of aromatic nitrogens is 1. The summed E-state index contributed by atoms with van der Waals surface area (Å²) in [6, 6.07) is 17.5. The lowest BCUT2D eigenvalue weighted by molar-refractivity contribution is 0.0476. The van der Waals surface area contributed by atoms with Crippen LogP contribution in [0.15, 0.2) is 71.2 Å². The van der Waals surface area contributed by atoms with Crippen LogP contribution in [0.25, 0.3) is 22.2 Å². The number of carbonyl (C=O) groups is 2. The van der Waals surface area contributed by atoms with E-state index < -0.39 is 24.2 Å². The van der Waals surface area contributed by atoms with Crippen LogP contribution in [0.5, 0.6) is 11.5 Å². The maximum absolute atomic E-state index is 13.1. The van der Waals surface area contributed by atoms with Gasteiger partial charge in [0, 0.05) is 21.0 Å². The van der Waals surface area contributed by atoms with Crippen molar-refractivity contribution in [1.29, 1.82) is 0 Å². The van der Waals surface area contributed by atoms with Gasteiger partial charge in [0.25, 0.3) is 0 Å². The summed E-state index contributed by atoms with van der Waals surface area (Å²) >= 11 is 3.42. The molecule has 1 aromatic heterocycles. The zero-order valence-electron chi connectivity index (χ0n) is 17.0. The fourth-order valence-corrected chi connectivity index (χ4v) is 3.86. The molecule has 0 bridgehead atoms. The van der Waals surface area contributed by atoms with Gasteiger partial charge in [0.05, 0.1) is 16.8 Å². The highest BCUT2D eigenvalue weighted by Crippen LogP contribution is 2.36. The van der Waals surface area contributed by atoms with Gasteiger partial charge in [0.2, 0.25) is 6.79 Å². The lowest BCUT2D eigenvalue weighted by Crippen LogP contribution is -2.15. The molecule has 0 saturated heterocycles. The number of hydrogen-bond donors (Lipinski definition) is 0. The molecule has 0 N–H and O–H groups in total. The SMILES string of the molecule is O=C(COC(=O)c1cc(-c2ccc3c(c2)OCO3)nc2ccc(Br)cc12)c1ccc(F)cc1. The Bertz CT molecular complexity index is 1400. The molecule has 8 heteroatoms. The smallest absolute Gasteiger partial charge is 0.339 e. The van der Waals surface area contributed by atoms with Crippen LogP contribution in [0.1, 0.15) is 20.7 Å². The van der Waals surface area contributed by atoms with Gasteiger partial charge >= 0.3 is 5.97 Å². The monoisotopic (exact) mass is 507 g/mol. The molecular formula is C25H15BrFNO5. The van der Waals surface area contributed by atoms with Crippen LogP contribution < -0.4 is 9.47 Å². The first-order chi connectivity index (χ1) is 16.0. The molecule has 2 heterocycles. The largest absolute Gasteiger partial charge is 0.454 e. The molecule has 164 valence electrons. The maximum atomic E-state index is 13.1.